The van der Waals surface area contributed by atoms with Crippen LogP contribution >= 0.6 is 23.5 Å². The third kappa shape index (κ3) is 5.03. The number of carbonyl (C=O) groups is 3. The number of nitrogens with zero attached hydrogens (tertiary/aromatic N) is 1. The minimum absolute atomic E-state index is 0.0440. The number of imide groups is 1. The highest BCUT2D eigenvalue weighted by Gasteiger charge is 2.34. The van der Waals surface area contributed by atoms with Gasteiger partial charge in [-0.05, 0) is 60.0 Å². The summed E-state index contributed by atoms with van der Waals surface area (Å²) in [4.78, 5) is 39.5. The Hall–Kier alpha value is -2.78. The largest absolute Gasteiger partial charge is 0.496 e. The SMILES string of the molecule is COc1cc(SC)ccc1C(=O)NCCN1C(=O)S/C(=C\c2ccc(F)cc2)C1=O. The number of hydrogen-bond acceptors (Lipinski definition) is 6. The molecule has 1 aliphatic rings. The van der Waals surface area contributed by atoms with Gasteiger partial charge in [0.25, 0.3) is 17.1 Å². The number of nitrogens with one attached hydrogen (secondary N) is 1. The van der Waals surface area contributed by atoms with Gasteiger partial charge in [0.2, 0.25) is 0 Å². The Kier molecular flexibility index (Phi) is 7.17. The summed E-state index contributed by atoms with van der Waals surface area (Å²) in [5.74, 6) is -0.720. The van der Waals surface area contributed by atoms with Gasteiger partial charge in [-0.2, -0.15) is 0 Å². The van der Waals surface area contributed by atoms with E-state index < -0.39 is 11.1 Å². The fraction of sp³-hybridized carbons (Fsp3) is 0.190. The first-order chi connectivity index (χ1) is 14.4. The number of rotatable bonds is 7. The molecule has 0 unspecified atom stereocenters. The van der Waals surface area contributed by atoms with Crippen molar-refractivity contribution in [3.8, 4) is 5.75 Å². The first-order valence-corrected chi connectivity index (χ1v) is 11.0. The van der Waals surface area contributed by atoms with Crippen molar-refractivity contribution in [3.05, 3.63) is 64.3 Å². The van der Waals surface area contributed by atoms with Gasteiger partial charge in [-0.25, -0.2) is 4.39 Å². The van der Waals surface area contributed by atoms with Gasteiger partial charge >= 0.3 is 0 Å². The lowest BCUT2D eigenvalue weighted by atomic mass is 10.2. The van der Waals surface area contributed by atoms with Crippen LogP contribution < -0.4 is 10.1 Å². The number of benzene rings is 2. The zero-order chi connectivity index (χ0) is 21.7. The molecule has 0 bridgehead atoms. The molecule has 1 N–H and O–H groups in total. The van der Waals surface area contributed by atoms with Crippen molar-refractivity contribution in [2.45, 2.75) is 4.90 Å². The molecule has 2 aromatic carbocycles. The molecule has 3 amide bonds. The molecule has 0 spiro atoms. The topological polar surface area (TPSA) is 75.7 Å². The molecular formula is C21H19FN2O4S2. The van der Waals surface area contributed by atoms with Gasteiger partial charge in [0.1, 0.15) is 11.6 Å². The molecule has 1 aliphatic heterocycles. The Labute approximate surface area is 181 Å². The van der Waals surface area contributed by atoms with Crippen LogP contribution in [-0.2, 0) is 4.79 Å². The second kappa shape index (κ2) is 9.82. The van der Waals surface area contributed by atoms with E-state index in [-0.39, 0.29) is 29.7 Å². The number of halogens is 1. The fourth-order valence-electron chi connectivity index (χ4n) is 2.77. The molecule has 0 aromatic heterocycles. The summed E-state index contributed by atoms with van der Waals surface area (Å²) in [6.45, 7) is 0.149. The van der Waals surface area contributed by atoms with Crippen molar-refractivity contribution < 1.29 is 23.5 Å². The molecule has 3 rings (SSSR count). The lowest BCUT2D eigenvalue weighted by Crippen LogP contribution is -2.37. The van der Waals surface area contributed by atoms with Crippen LogP contribution in [0.4, 0.5) is 9.18 Å². The van der Waals surface area contributed by atoms with E-state index in [1.54, 1.807) is 18.2 Å². The summed E-state index contributed by atoms with van der Waals surface area (Å²) < 4.78 is 18.3. The molecule has 9 heteroatoms. The van der Waals surface area contributed by atoms with Crippen LogP contribution in [0, 0.1) is 5.82 Å². The average molecular weight is 447 g/mol. The lowest BCUT2D eigenvalue weighted by Gasteiger charge is -2.14. The summed E-state index contributed by atoms with van der Waals surface area (Å²) in [6.07, 6.45) is 3.47. The quantitative estimate of drug-likeness (QED) is 0.511. The summed E-state index contributed by atoms with van der Waals surface area (Å²) in [6, 6.07) is 10.9. The van der Waals surface area contributed by atoms with Gasteiger partial charge in [0, 0.05) is 18.0 Å². The lowest BCUT2D eigenvalue weighted by molar-refractivity contribution is -0.122. The minimum atomic E-state index is -0.439. The van der Waals surface area contributed by atoms with Gasteiger partial charge in [0.15, 0.2) is 0 Å². The summed E-state index contributed by atoms with van der Waals surface area (Å²) >= 11 is 2.35. The molecule has 156 valence electrons. The van der Waals surface area contributed by atoms with Gasteiger partial charge in [0.05, 0.1) is 17.6 Å². The maximum absolute atomic E-state index is 13.0. The first kappa shape index (κ1) is 21.9. The van der Waals surface area contributed by atoms with Gasteiger partial charge in [-0.3, -0.25) is 19.3 Å². The molecule has 0 radical (unpaired) electrons. The molecule has 1 heterocycles. The number of thioether (sulfide) groups is 2. The zero-order valence-electron chi connectivity index (χ0n) is 16.3. The average Bonchev–Trinajstić information content (AvgIpc) is 3.02. The highest BCUT2D eigenvalue weighted by atomic mass is 32.2. The highest BCUT2D eigenvalue weighted by molar-refractivity contribution is 8.18. The van der Waals surface area contributed by atoms with Crippen molar-refractivity contribution in [1.82, 2.24) is 10.2 Å². The normalized spacial score (nSPS) is 15.0. The standard InChI is InChI=1S/C21H19FN2O4S2/c1-28-17-12-15(29-2)7-8-16(17)19(25)23-9-10-24-20(26)18(30-21(24)27)11-13-3-5-14(22)6-4-13/h3-8,11-12H,9-10H2,1-2H3,(H,23,25)/b18-11-. The van der Waals surface area contributed by atoms with Crippen LogP contribution in [-0.4, -0.2) is 48.4 Å². The van der Waals surface area contributed by atoms with Gasteiger partial charge < -0.3 is 10.1 Å². The smallest absolute Gasteiger partial charge is 0.293 e. The van der Waals surface area contributed by atoms with Gasteiger partial charge in [-0.1, -0.05) is 12.1 Å². The van der Waals surface area contributed by atoms with E-state index in [9.17, 15) is 18.8 Å². The van der Waals surface area contributed by atoms with Gasteiger partial charge in [-0.15, -0.1) is 11.8 Å². The van der Waals surface area contributed by atoms with E-state index >= 15 is 0 Å². The molecule has 30 heavy (non-hydrogen) atoms. The molecular weight excluding hydrogens is 427 g/mol. The van der Waals surface area contributed by atoms with Crippen molar-refractivity contribution in [3.63, 3.8) is 0 Å². The van der Waals surface area contributed by atoms with Crippen molar-refractivity contribution in [2.75, 3.05) is 26.5 Å². The van der Waals surface area contributed by atoms with Crippen molar-refractivity contribution in [1.29, 1.82) is 0 Å². The van der Waals surface area contributed by atoms with E-state index in [4.69, 9.17) is 4.74 Å². The third-order valence-corrected chi connectivity index (χ3v) is 5.95. The molecule has 1 fully saturated rings. The zero-order valence-corrected chi connectivity index (χ0v) is 17.9. The van der Waals surface area contributed by atoms with Crippen LogP contribution in [0.2, 0.25) is 0 Å². The first-order valence-electron chi connectivity index (χ1n) is 8.94. The summed E-state index contributed by atoms with van der Waals surface area (Å²) in [5, 5.41) is 2.30. The molecule has 0 saturated carbocycles. The fourth-order valence-corrected chi connectivity index (χ4v) is 4.06. The predicted octanol–water partition coefficient (Wildman–Crippen LogP) is 4.02. The number of carbonyl (C=O) groups excluding carboxylic acids is 3. The monoisotopic (exact) mass is 446 g/mol. The third-order valence-electron chi connectivity index (χ3n) is 4.32. The van der Waals surface area contributed by atoms with Crippen LogP contribution in [0.25, 0.3) is 6.08 Å². The molecule has 6 nitrogen and oxygen atoms in total. The number of amides is 3. The summed E-state index contributed by atoms with van der Waals surface area (Å²) in [7, 11) is 1.49. The molecule has 0 atom stereocenters. The Morgan fingerprint density at radius 3 is 2.63 bits per heavy atom. The molecule has 0 aliphatic carbocycles. The van der Waals surface area contributed by atoms with E-state index in [0.29, 0.717) is 16.9 Å². The maximum Gasteiger partial charge on any atom is 0.293 e. The Balaban J connectivity index is 1.61. The maximum atomic E-state index is 13.0. The predicted molar refractivity (Wildman–Crippen MR) is 116 cm³/mol. The van der Waals surface area contributed by atoms with Crippen LogP contribution in [0.15, 0.2) is 52.3 Å². The number of methoxy groups -OCH3 is 1. The number of ether oxygens (including phenoxy) is 1. The molecule has 2 aromatic rings. The van der Waals surface area contributed by atoms with Crippen molar-refractivity contribution in [2.24, 2.45) is 0 Å². The van der Waals surface area contributed by atoms with Crippen LogP contribution in [0.5, 0.6) is 5.75 Å². The van der Waals surface area contributed by atoms with Crippen molar-refractivity contribution >= 4 is 46.7 Å². The molecule has 1 saturated heterocycles. The van der Waals surface area contributed by atoms with E-state index in [2.05, 4.69) is 5.32 Å². The van der Waals surface area contributed by atoms with E-state index in [0.717, 1.165) is 21.6 Å². The van der Waals surface area contributed by atoms with Crippen LogP contribution in [0.1, 0.15) is 15.9 Å². The highest BCUT2D eigenvalue weighted by Crippen LogP contribution is 2.32. The summed E-state index contributed by atoms with van der Waals surface area (Å²) in [5.41, 5.74) is 0.997. The Morgan fingerprint density at radius 1 is 1.23 bits per heavy atom. The van der Waals surface area contributed by atoms with E-state index in [1.807, 2.05) is 12.3 Å². The Morgan fingerprint density at radius 2 is 1.97 bits per heavy atom. The van der Waals surface area contributed by atoms with E-state index in [1.165, 1.54) is 43.1 Å². The van der Waals surface area contributed by atoms with Crippen LogP contribution in [0.3, 0.4) is 0 Å². The number of hydrogen-bond donors (Lipinski definition) is 1. The Bertz CT molecular complexity index is 1010. The second-order valence-corrected chi connectivity index (χ2v) is 8.08. The second-order valence-electron chi connectivity index (χ2n) is 6.21. The minimum Gasteiger partial charge on any atom is -0.496 e.